The molecular formula is C13H22N4O3. The number of nitrogens with one attached hydrogen (secondary N) is 1. The molecule has 1 saturated heterocycles. The minimum absolute atomic E-state index is 0.0847. The molecule has 112 valence electrons. The molecule has 0 spiro atoms. The molecule has 20 heavy (non-hydrogen) atoms. The lowest BCUT2D eigenvalue weighted by Gasteiger charge is -2.32. The predicted octanol–water partition coefficient (Wildman–Crippen LogP) is 0.500. The first-order valence-corrected chi connectivity index (χ1v) is 6.93. The largest absolute Gasteiger partial charge is 0.383 e. The van der Waals surface area contributed by atoms with Crippen LogP contribution >= 0.6 is 0 Å². The zero-order valence-electron chi connectivity index (χ0n) is 12.1. The van der Waals surface area contributed by atoms with E-state index in [1.165, 1.54) is 0 Å². The van der Waals surface area contributed by atoms with Gasteiger partial charge >= 0.3 is 0 Å². The number of ether oxygens (including phenoxy) is 2. The van der Waals surface area contributed by atoms with Gasteiger partial charge in [0.15, 0.2) is 5.82 Å². The lowest BCUT2D eigenvalue weighted by molar-refractivity contribution is -0.150. The summed E-state index contributed by atoms with van der Waals surface area (Å²) in [6.07, 6.45) is 4.44. The van der Waals surface area contributed by atoms with Gasteiger partial charge in [-0.1, -0.05) is 0 Å². The number of carbonyl (C=O) groups is 1. The Kier molecular flexibility index (Phi) is 5.08. The maximum absolute atomic E-state index is 12.2. The third-order valence-electron chi connectivity index (χ3n) is 3.59. The molecule has 0 radical (unpaired) electrons. The number of hydrogen-bond acceptors (Lipinski definition) is 5. The van der Waals surface area contributed by atoms with Gasteiger partial charge in [-0.15, -0.1) is 10.2 Å². The van der Waals surface area contributed by atoms with Crippen molar-refractivity contribution in [3.8, 4) is 0 Å². The summed E-state index contributed by atoms with van der Waals surface area (Å²) in [5.74, 6) is 0.633. The van der Waals surface area contributed by atoms with E-state index in [1.54, 1.807) is 13.4 Å². The summed E-state index contributed by atoms with van der Waals surface area (Å²) in [5.41, 5.74) is -0.713. The van der Waals surface area contributed by atoms with E-state index >= 15 is 0 Å². The normalized spacial score (nSPS) is 22.7. The molecule has 2 heterocycles. The second kappa shape index (κ2) is 6.81. The maximum atomic E-state index is 12.2. The van der Waals surface area contributed by atoms with Gasteiger partial charge in [0, 0.05) is 20.3 Å². The Hall–Kier alpha value is -1.47. The van der Waals surface area contributed by atoms with Crippen LogP contribution in [0.1, 0.15) is 32.0 Å². The van der Waals surface area contributed by atoms with Crippen molar-refractivity contribution in [3.05, 3.63) is 12.2 Å². The van der Waals surface area contributed by atoms with Crippen LogP contribution in [0.2, 0.25) is 0 Å². The van der Waals surface area contributed by atoms with Gasteiger partial charge < -0.3 is 19.4 Å². The van der Waals surface area contributed by atoms with Crippen LogP contribution in [0.15, 0.2) is 6.33 Å². The first kappa shape index (κ1) is 14.9. The second-order valence-corrected chi connectivity index (χ2v) is 5.15. The highest BCUT2D eigenvalue weighted by Crippen LogP contribution is 2.24. The van der Waals surface area contributed by atoms with Crippen molar-refractivity contribution in [2.45, 2.75) is 44.9 Å². The van der Waals surface area contributed by atoms with E-state index in [0.29, 0.717) is 26.3 Å². The van der Waals surface area contributed by atoms with Crippen LogP contribution in [0.5, 0.6) is 0 Å². The topological polar surface area (TPSA) is 78.3 Å². The first-order valence-electron chi connectivity index (χ1n) is 6.93. The van der Waals surface area contributed by atoms with Gasteiger partial charge in [0.25, 0.3) is 5.91 Å². The highest BCUT2D eigenvalue weighted by Gasteiger charge is 2.35. The smallest absolute Gasteiger partial charge is 0.252 e. The number of nitrogens with zero attached hydrogens (tertiary/aromatic N) is 3. The van der Waals surface area contributed by atoms with Gasteiger partial charge in [0.05, 0.1) is 13.2 Å². The Morgan fingerprint density at radius 2 is 2.45 bits per heavy atom. The van der Waals surface area contributed by atoms with Crippen LogP contribution in [0.3, 0.4) is 0 Å². The molecule has 1 aromatic rings. The molecule has 1 aliphatic rings. The fourth-order valence-electron chi connectivity index (χ4n) is 2.25. The van der Waals surface area contributed by atoms with Crippen LogP contribution in [-0.2, 0) is 27.4 Å². The molecule has 7 heteroatoms. The summed E-state index contributed by atoms with van der Waals surface area (Å²) in [4.78, 5) is 12.2. The first-order chi connectivity index (χ1) is 9.65. The zero-order valence-corrected chi connectivity index (χ0v) is 12.1. The van der Waals surface area contributed by atoms with Crippen LogP contribution in [0, 0.1) is 0 Å². The maximum Gasteiger partial charge on any atom is 0.252 e. The van der Waals surface area contributed by atoms with E-state index in [9.17, 15) is 4.79 Å². The van der Waals surface area contributed by atoms with Crippen molar-refractivity contribution in [1.82, 2.24) is 20.1 Å². The van der Waals surface area contributed by atoms with E-state index in [0.717, 1.165) is 25.1 Å². The second-order valence-electron chi connectivity index (χ2n) is 5.15. The molecule has 1 amide bonds. The minimum atomic E-state index is -0.713. The van der Waals surface area contributed by atoms with E-state index in [2.05, 4.69) is 15.5 Å². The molecular weight excluding hydrogens is 260 g/mol. The molecule has 7 nitrogen and oxygen atoms in total. The summed E-state index contributed by atoms with van der Waals surface area (Å²) in [7, 11) is 1.65. The van der Waals surface area contributed by atoms with Gasteiger partial charge in [0.2, 0.25) is 0 Å². The van der Waals surface area contributed by atoms with Gasteiger partial charge in [-0.3, -0.25) is 4.79 Å². The average Bonchev–Trinajstić information content (AvgIpc) is 2.90. The number of carbonyl (C=O) groups excluding carboxylic acids is 1. The molecule has 1 aromatic heterocycles. The third kappa shape index (κ3) is 3.55. The van der Waals surface area contributed by atoms with Gasteiger partial charge in [-0.05, 0) is 26.2 Å². The van der Waals surface area contributed by atoms with E-state index in [4.69, 9.17) is 9.47 Å². The van der Waals surface area contributed by atoms with Gasteiger partial charge in [-0.25, -0.2) is 0 Å². The SMILES string of the molecule is COCCn1cnnc1CNC(=O)[C@]1(C)CCCCO1. The van der Waals surface area contributed by atoms with Crippen molar-refractivity contribution in [1.29, 1.82) is 0 Å². The fourth-order valence-corrected chi connectivity index (χ4v) is 2.25. The quantitative estimate of drug-likeness (QED) is 0.822. The molecule has 0 bridgehead atoms. The standard InChI is InChI=1S/C13H22N4O3/c1-13(5-3-4-7-20-13)12(18)14-9-11-16-15-10-17(11)6-8-19-2/h10H,3-9H2,1-2H3,(H,14,18)/t13-/m0/s1. The summed E-state index contributed by atoms with van der Waals surface area (Å²) >= 11 is 0. The lowest BCUT2D eigenvalue weighted by Crippen LogP contribution is -2.48. The number of methoxy groups -OCH3 is 1. The number of amides is 1. The minimum Gasteiger partial charge on any atom is -0.383 e. The van der Waals surface area contributed by atoms with Crippen molar-refractivity contribution in [2.24, 2.45) is 0 Å². The molecule has 0 unspecified atom stereocenters. The molecule has 1 fully saturated rings. The third-order valence-corrected chi connectivity index (χ3v) is 3.59. The Bertz CT molecular complexity index is 441. The molecule has 1 aliphatic heterocycles. The van der Waals surface area contributed by atoms with Gasteiger partial charge in [-0.2, -0.15) is 0 Å². The van der Waals surface area contributed by atoms with E-state index < -0.39 is 5.60 Å². The Morgan fingerprint density at radius 3 is 3.15 bits per heavy atom. The molecule has 1 N–H and O–H groups in total. The Balaban J connectivity index is 1.88. The molecule has 0 aliphatic carbocycles. The Morgan fingerprint density at radius 1 is 1.60 bits per heavy atom. The highest BCUT2D eigenvalue weighted by atomic mass is 16.5. The molecule has 2 rings (SSSR count). The Labute approximate surface area is 118 Å². The van der Waals surface area contributed by atoms with E-state index in [-0.39, 0.29) is 5.91 Å². The van der Waals surface area contributed by atoms with Crippen molar-refractivity contribution >= 4 is 5.91 Å². The fraction of sp³-hybridized carbons (Fsp3) is 0.769. The van der Waals surface area contributed by atoms with E-state index in [1.807, 2.05) is 11.5 Å². The van der Waals surface area contributed by atoms with Crippen LogP contribution in [0.25, 0.3) is 0 Å². The summed E-state index contributed by atoms with van der Waals surface area (Å²) in [5, 5.41) is 10.8. The molecule has 0 aromatic carbocycles. The molecule has 1 atom stereocenters. The predicted molar refractivity (Wildman–Crippen MR) is 72.0 cm³/mol. The van der Waals surface area contributed by atoms with Crippen molar-refractivity contribution in [2.75, 3.05) is 20.3 Å². The van der Waals surface area contributed by atoms with Crippen molar-refractivity contribution < 1.29 is 14.3 Å². The monoisotopic (exact) mass is 282 g/mol. The van der Waals surface area contributed by atoms with Crippen LogP contribution < -0.4 is 5.32 Å². The van der Waals surface area contributed by atoms with Crippen molar-refractivity contribution in [3.63, 3.8) is 0 Å². The summed E-state index contributed by atoms with van der Waals surface area (Å²) in [6, 6.07) is 0. The summed E-state index contributed by atoms with van der Waals surface area (Å²) in [6.45, 7) is 4.09. The number of hydrogen-bond donors (Lipinski definition) is 1. The lowest BCUT2D eigenvalue weighted by atomic mass is 9.95. The molecule has 0 saturated carbocycles. The number of aromatic nitrogens is 3. The van der Waals surface area contributed by atoms with Gasteiger partial charge in [0.1, 0.15) is 11.9 Å². The summed E-state index contributed by atoms with van der Waals surface area (Å²) < 4.78 is 12.5. The zero-order chi connectivity index (χ0) is 14.4. The van der Waals surface area contributed by atoms with Crippen LogP contribution in [-0.4, -0.2) is 46.6 Å². The van der Waals surface area contributed by atoms with Crippen LogP contribution in [0.4, 0.5) is 0 Å². The number of rotatable bonds is 6. The highest BCUT2D eigenvalue weighted by molar-refractivity contribution is 5.84. The average molecular weight is 282 g/mol.